The standard InChI is InChI=1S/C25H35N3O3/c1-6-20-9-7-8-18(2)25(20)26-24(29)17-28-12-10-27(11-13-28)16-21-15-23(31-5)22(30-4)14-19(21)3/h7-9,14-15H,6,10-13,16-17H2,1-5H3,(H,26,29). The van der Waals surface area contributed by atoms with Gasteiger partial charge in [0.05, 0.1) is 20.8 Å². The van der Waals surface area contributed by atoms with Gasteiger partial charge in [0, 0.05) is 38.4 Å². The molecule has 2 aromatic rings. The van der Waals surface area contributed by atoms with Crippen LogP contribution in [0.15, 0.2) is 30.3 Å². The molecule has 6 heteroatoms. The number of ether oxygens (including phenoxy) is 2. The van der Waals surface area contributed by atoms with Crippen molar-refractivity contribution < 1.29 is 14.3 Å². The molecule has 168 valence electrons. The summed E-state index contributed by atoms with van der Waals surface area (Å²) in [7, 11) is 3.33. The predicted octanol–water partition coefficient (Wildman–Crippen LogP) is 3.64. The van der Waals surface area contributed by atoms with Crippen molar-refractivity contribution in [2.45, 2.75) is 33.7 Å². The third kappa shape index (κ3) is 5.77. The monoisotopic (exact) mass is 425 g/mol. The van der Waals surface area contributed by atoms with Crippen LogP contribution in [-0.2, 0) is 17.8 Å². The molecule has 1 fully saturated rings. The minimum absolute atomic E-state index is 0.0631. The van der Waals surface area contributed by atoms with Gasteiger partial charge < -0.3 is 14.8 Å². The first-order valence-electron chi connectivity index (χ1n) is 11.0. The number of rotatable bonds is 8. The van der Waals surface area contributed by atoms with Crippen LogP contribution >= 0.6 is 0 Å². The van der Waals surface area contributed by atoms with Crippen molar-refractivity contribution >= 4 is 11.6 Å². The third-order valence-corrected chi connectivity index (χ3v) is 6.07. The van der Waals surface area contributed by atoms with Crippen molar-refractivity contribution in [1.29, 1.82) is 0 Å². The summed E-state index contributed by atoms with van der Waals surface area (Å²) < 4.78 is 10.9. The van der Waals surface area contributed by atoms with Gasteiger partial charge in [0.15, 0.2) is 11.5 Å². The van der Waals surface area contributed by atoms with Crippen LogP contribution in [0.25, 0.3) is 0 Å². The minimum Gasteiger partial charge on any atom is -0.493 e. The highest BCUT2D eigenvalue weighted by molar-refractivity contribution is 5.93. The second-order valence-corrected chi connectivity index (χ2v) is 8.20. The van der Waals surface area contributed by atoms with Crippen LogP contribution in [0.4, 0.5) is 5.69 Å². The Bertz CT molecular complexity index is 905. The minimum atomic E-state index is 0.0631. The van der Waals surface area contributed by atoms with E-state index in [4.69, 9.17) is 9.47 Å². The van der Waals surface area contributed by atoms with Crippen LogP contribution in [0, 0.1) is 13.8 Å². The Labute approximate surface area is 186 Å². The number of benzene rings is 2. The highest BCUT2D eigenvalue weighted by Gasteiger charge is 2.21. The first-order valence-corrected chi connectivity index (χ1v) is 11.0. The van der Waals surface area contributed by atoms with E-state index in [0.29, 0.717) is 6.54 Å². The Kier molecular flexibility index (Phi) is 7.93. The van der Waals surface area contributed by atoms with Gasteiger partial charge in [0.1, 0.15) is 0 Å². The van der Waals surface area contributed by atoms with Gasteiger partial charge in [0.2, 0.25) is 5.91 Å². The molecule has 1 saturated heterocycles. The molecule has 1 heterocycles. The fourth-order valence-corrected chi connectivity index (χ4v) is 4.12. The molecular weight excluding hydrogens is 390 g/mol. The van der Waals surface area contributed by atoms with Gasteiger partial charge in [-0.2, -0.15) is 0 Å². The van der Waals surface area contributed by atoms with Gasteiger partial charge in [0.25, 0.3) is 0 Å². The van der Waals surface area contributed by atoms with Crippen LogP contribution in [0.5, 0.6) is 11.5 Å². The molecule has 0 aromatic heterocycles. The molecule has 0 bridgehead atoms. The molecule has 6 nitrogen and oxygen atoms in total. The maximum Gasteiger partial charge on any atom is 0.238 e. The number of methoxy groups -OCH3 is 2. The van der Waals surface area contributed by atoms with Gasteiger partial charge in [-0.05, 0) is 54.7 Å². The van der Waals surface area contributed by atoms with Crippen LogP contribution in [-0.4, -0.2) is 62.7 Å². The van der Waals surface area contributed by atoms with E-state index in [1.165, 1.54) is 16.7 Å². The number of nitrogens with zero attached hydrogens (tertiary/aromatic N) is 2. The summed E-state index contributed by atoms with van der Waals surface area (Å²) in [4.78, 5) is 17.3. The number of nitrogens with one attached hydrogen (secondary N) is 1. The molecule has 2 aromatic carbocycles. The molecule has 31 heavy (non-hydrogen) atoms. The lowest BCUT2D eigenvalue weighted by Crippen LogP contribution is -2.48. The molecule has 0 aliphatic carbocycles. The number of amides is 1. The first-order chi connectivity index (χ1) is 14.9. The van der Waals surface area contributed by atoms with Crippen molar-refractivity contribution in [2.75, 3.05) is 52.3 Å². The molecule has 0 atom stereocenters. The predicted molar refractivity (Wildman–Crippen MR) is 125 cm³/mol. The van der Waals surface area contributed by atoms with Gasteiger partial charge in [-0.1, -0.05) is 25.1 Å². The fourth-order valence-electron chi connectivity index (χ4n) is 4.12. The molecule has 3 rings (SSSR count). The third-order valence-electron chi connectivity index (χ3n) is 6.07. The van der Waals surface area contributed by atoms with Gasteiger partial charge >= 0.3 is 0 Å². The topological polar surface area (TPSA) is 54.0 Å². The van der Waals surface area contributed by atoms with Crippen molar-refractivity contribution in [3.05, 3.63) is 52.6 Å². The first kappa shape index (κ1) is 23.1. The van der Waals surface area contributed by atoms with Crippen molar-refractivity contribution in [3.63, 3.8) is 0 Å². The Balaban J connectivity index is 1.53. The number of hydrogen-bond donors (Lipinski definition) is 1. The average Bonchev–Trinajstić information content (AvgIpc) is 2.77. The summed E-state index contributed by atoms with van der Waals surface area (Å²) in [6, 6.07) is 10.3. The highest BCUT2D eigenvalue weighted by Crippen LogP contribution is 2.31. The second-order valence-electron chi connectivity index (χ2n) is 8.20. The number of hydrogen-bond acceptors (Lipinski definition) is 5. The second kappa shape index (κ2) is 10.6. The summed E-state index contributed by atoms with van der Waals surface area (Å²) >= 11 is 0. The van der Waals surface area contributed by atoms with Crippen LogP contribution in [0.3, 0.4) is 0 Å². The number of carbonyl (C=O) groups is 1. The number of carbonyl (C=O) groups excluding carboxylic acids is 1. The molecule has 0 spiro atoms. The van der Waals surface area contributed by atoms with E-state index in [1.54, 1.807) is 14.2 Å². The zero-order valence-corrected chi connectivity index (χ0v) is 19.5. The number of piperazine rings is 1. The van der Waals surface area contributed by atoms with Crippen LogP contribution < -0.4 is 14.8 Å². The molecule has 0 unspecified atom stereocenters. The average molecular weight is 426 g/mol. The number of aryl methyl sites for hydroxylation is 3. The van der Waals surface area contributed by atoms with E-state index >= 15 is 0 Å². The van der Waals surface area contributed by atoms with E-state index in [1.807, 2.05) is 25.1 Å². The SMILES string of the molecule is CCc1cccc(C)c1NC(=O)CN1CCN(Cc2cc(OC)c(OC)cc2C)CC1. The highest BCUT2D eigenvalue weighted by atomic mass is 16.5. The van der Waals surface area contributed by atoms with Gasteiger partial charge in [-0.3, -0.25) is 14.6 Å². The smallest absolute Gasteiger partial charge is 0.238 e. The molecule has 1 amide bonds. The number of anilines is 1. The lowest BCUT2D eigenvalue weighted by Gasteiger charge is -2.34. The molecule has 0 radical (unpaired) electrons. The van der Waals surface area contributed by atoms with Gasteiger partial charge in [-0.25, -0.2) is 0 Å². The van der Waals surface area contributed by atoms with Crippen molar-refractivity contribution in [1.82, 2.24) is 9.80 Å². The van der Waals surface area contributed by atoms with E-state index in [9.17, 15) is 4.79 Å². The number of para-hydroxylation sites is 1. The summed E-state index contributed by atoms with van der Waals surface area (Å²) in [5, 5.41) is 3.14. The summed E-state index contributed by atoms with van der Waals surface area (Å²) in [5.74, 6) is 1.59. The Morgan fingerprint density at radius 1 is 0.935 bits per heavy atom. The zero-order chi connectivity index (χ0) is 22.4. The van der Waals surface area contributed by atoms with E-state index < -0.39 is 0 Å². The molecule has 0 saturated carbocycles. The van der Waals surface area contributed by atoms with Crippen molar-refractivity contribution in [3.8, 4) is 11.5 Å². The lowest BCUT2D eigenvalue weighted by atomic mass is 10.1. The maximum atomic E-state index is 12.7. The summed E-state index contributed by atoms with van der Waals surface area (Å²) in [6.07, 6.45) is 0.908. The van der Waals surface area contributed by atoms with E-state index in [-0.39, 0.29) is 5.91 Å². The lowest BCUT2D eigenvalue weighted by molar-refractivity contribution is -0.117. The van der Waals surface area contributed by atoms with Crippen LogP contribution in [0.2, 0.25) is 0 Å². The molecule has 1 N–H and O–H groups in total. The molecule has 1 aliphatic heterocycles. The largest absolute Gasteiger partial charge is 0.493 e. The van der Waals surface area contributed by atoms with Crippen LogP contribution in [0.1, 0.15) is 29.2 Å². The van der Waals surface area contributed by atoms with Crippen molar-refractivity contribution in [2.24, 2.45) is 0 Å². The Morgan fingerprint density at radius 2 is 1.58 bits per heavy atom. The maximum absolute atomic E-state index is 12.7. The quantitative estimate of drug-likeness (QED) is 0.700. The molecule has 1 aliphatic rings. The molecular formula is C25H35N3O3. The fraction of sp³-hybridized carbons (Fsp3) is 0.480. The van der Waals surface area contributed by atoms with E-state index in [2.05, 4.69) is 41.1 Å². The Morgan fingerprint density at radius 3 is 2.23 bits per heavy atom. The van der Waals surface area contributed by atoms with Gasteiger partial charge in [-0.15, -0.1) is 0 Å². The zero-order valence-electron chi connectivity index (χ0n) is 19.5. The summed E-state index contributed by atoms with van der Waals surface area (Å²) in [6.45, 7) is 11.2. The Hall–Kier alpha value is -2.57. The normalized spacial score (nSPS) is 15.0. The van der Waals surface area contributed by atoms with E-state index in [0.717, 1.165) is 61.9 Å². The summed E-state index contributed by atoms with van der Waals surface area (Å²) in [5.41, 5.74) is 5.71.